The Hall–Kier alpha value is -0.0400. The molecule has 1 fully saturated rings. The first-order valence-corrected chi connectivity index (χ1v) is 4.32. The maximum Gasteiger partial charge on any atom is 0.0605 e. The summed E-state index contributed by atoms with van der Waals surface area (Å²) in [5.74, 6) is 1.49. The molecule has 0 aromatic rings. The van der Waals surface area contributed by atoms with Gasteiger partial charge in [-0.15, -0.1) is 0 Å². The molecule has 1 unspecified atom stereocenters. The highest BCUT2D eigenvalue weighted by atomic mass is 16.5. The maximum absolute atomic E-state index is 5.73. The molecule has 1 rings (SSSR count). The Morgan fingerprint density at radius 3 is 1.90 bits per heavy atom. The molecule has 60 valence electrons. The molecule has 1 nitrogen and oxygen atoms in total. The van der Waals surface area contributed by atoms with E-state index in [0.717, 1.165) is 18.3 Å². The summed E-state index contributed by atoms with van der Waals surface area (Å²) in [4.78, 5) is 0. The van der Waals surface area contributed by atoms with Crippen LogP contribution in [0.3, 0.4) is 0 Å². The van der Waals surface area contributed by atoms with Crippen molar-refractivity contribution in [3.63, 3.8) is 0 Å². The summed E-state index contributed by atoms with van der Waals surface area (Å²) in [6.45, 7) is 8.95. The van der Waals surface area contributed by atoms with Crippen molar-refractivity contribution in [2.24, 2.45) is 11.8 Å². The first-order chi connectivity index (χ1) is 4.66. The highest BCUT2D eigenvalue weighted by Crippen LogP contribution is 2.32. The molecule has 0 N–H and O–H groups in total. The van der Waals surface area contributed by atoms with Crippen molar-refractivity contribution in [1.82, 2.24) is 0 Å². The zero-order valence-electron chi connectivity index (χ0n) is 7.42. The Labute approximate surface area is 63.8 Å². The average Bonchev–Trinajstić information content (AvgIpc) is 2.17. The lowest BCUT2D eigenvalue weighted by molar-refractivity contribution is 0.0393. The van der Waals surface area contributed by atoms with Crippen LogP contribution in [0.25, 0.3) is 0 Å². The summed E-state index contributed by atoms with van der Waals surface area (Å²) in [7, 11) is 0. The molecule has 0 aromatic heterocycles. The highest BCUT2D eigenvalue weighted by molar-refractivity contribution is 4.82. The van der Waals surface area contributed by atoms with Crippen molar-refractivity contribution < 1.29 is 4.74 Å². The quantitative estimate of drug-likeness (QED) is 0.546. The fourth-order valence-corrected chi connectivity index (χ4v) is 1.76. The Kier molecular flexibility index (Phi) is 2.35. The third-order valence-corrected chi connectivity index (χ3v) is 2.95. The standard InChI is InChI=1S/C9H18O/c1-5-9-7(3)6(2)8(4)10-9/h6-9H,5H2,1-4H3/t6-,7+,8?,9-/m1/s1. The predicted molar refractivity (Wildman–Crippen MR) is 43.0 cm³/mol. The third kappa shape index (κ3) is 1.20. The maximum atomic E-state index is 5.73. The molecular formula is C9H18O. The Balaban J connectivity index is 2.53. The lowest BCUT2D eigenvalue weighted by Gasteiger charge is -2.12. The average molecular weight is 142 g/mol. The van der Waals surface area contributed by atoms with Gasteiger partial charge in [0.1, 0.15) is 0 Å². The van der Waals surface area contributed by atoms with E-state index < -0.39 is 0 Å². The number of hydrogen-bond donors (Lipinski definition) is 0. The minimum atomic E-state index is 0.472. The molecule has 1 aliphatic rings. The molecule has 0 aliphatic carbocycles. The van der Waals surface area contributed by atoms with E-state index in [0.29, 0.717) is 12.2 Å². The van der Waals surface area contributed by atoms with E-state index in [2.05, 4.69) is 27.7 Å². The van der Waals surface area contributed by atoms with Crippen molar-refractivity contribution in [1.29, 1.82) is 0 Å². The van der Waals surface area contributed by atoms with E-state index in [1.807, 2.05) is 0 Å². The van der Waals surface area contributed by atoms with Crippen LogP contribution in [0.2, 0.25) is 0 Å². The Morgan fingerprint density at radius 1 is 1.10 bits per heavy atom. The molecule has 10 heavy (non-hydrogen) atoms. The van der Waals surface area contributed by atoms with E-state index in [-0.39, 0.29) is 0 Å². The molecule has 0 aromatic carbocycles. The van der Waals surface area contributed by atoms with Crippen LogP contribution in [-0.4, -0.2) is 12.2 Å². The molecule has 1 heteroatoms. The number of ether oxygens (including phenoxy) is 1. The second kappa shape index (κ2) is 2.91. The lowest BCUT2D eigenvalue weighted by atomic mass is 9.90. The number of hydrogen-bond acceptors (Lipinski definition) is 1. The molecule has 0 saturated carbocycles. The lowest BCUT2D eigenvalue weighted by Crippen LogP contribution is -2.14. The predicted octanol–water partition coefficient (Wildman–Crippen LogP) is 2.46. The molecule has 4 atom stereocenters. The minimum Gasteiger partial charge on any atom is -0.375 e. The van der Waals surface area contributed by atoms with Gasteiger partial charge in [-0.2, -0.15) is 0 Å². The van der Waals surface area contributed by atoms with E-state index >= 15 is 0 Å². The molecule has 1 aliphatic heterocycles. The molecule has 1 saturated heterocycles. The smallest absolute Gasteiger partial charge is 0.0605 e. The summed E-state index contributed by atoms with van der Waals surface area (Å²) in [6.07, 6.45) is 2.15. The van der Waals surface area contributed by atoms with Crippen molar-refractivity contribution in [2.45, 2.75) is 46.3 Å². The largest absolute Gasteiger partial charge is 0.375 e. The van der Waals surface area contributed by atoms with Gasteiger partial charge in [0.05, 0.1) is 12.2 Å². The van der Waals surface area contributed by atoms with E-state index in [1.54, 1.807) is 0 Å². The van der Waals surface area contributed by atoms with E-state index in [1.165, 1.54) is 0 Å². The van der Waals surface area contributed by atoms with Crippen LogP contribution < -0.4 is 0 Å². The third-order valence-electron chi connectivity index (χ3n) is 2.95. The van der Waals surface area contributed by atoms with Gasteiger partial charge < -0.3 is 4.74 Å². The zero-order valence-corrected chi connectivity index (χ0v) is 7.42. The van der Waals surface area contributed by atoms with Gasteiger partial charge in [-0.25, -0.2) is 0 Å². The topological polar surface area (TPSA) is 9.23 Å². The van der Waals surface area contributed by atoms with E-state index in [4.69, 9.17) is 4.74 Å². The molecule has 0 spiro atoms. The number of rotatable bonds is 1. The van der Waals surface area contributed by atoms with Gasteiger partial charge in [0.25, 0.3) is 0 Å². The first-order valence-electron chi connectivity index (χ1n) is 4.32. The van der Waals surface area contributed by atoms with Gasteiger partial charge in [0.2, 0.25) is 0 Å². The van der Waals surface area contributed by atoms with E-state index in [9.17, 15) is 0 Å². The summed E-state index contributed by atoms with van der Waals surface area (Å²) < 4.78 is 5.73. The SMILES string of the molecule is CC[C@H]1OC(C)[C@H](C)[C@@H]1C. The Bertz CT molecular complexity index is 111. The van der Waals surface area contributed by atoms with Gasteiger partial charge in [-0.1, -0.05) is 20.8 Å². The van der Waals surface area contributed by atoms with Crippen molar-refractivity contribution in [2.75, 3.05) is 0 Å². The van der Waals surface area contributed by atoms with Gasteiger partial charge in [-0.05, 0) is 25.2 Å². The second-order valence-electron chi connectivity index (χ2n) is 3.51. The van der Waals surface area contributed by atoms with Crippen LogP contribution in [0, 0.1) is 11.8 Å². The Morgan fingerprint density at radius 2 is 1.70 bits per heavy atom. The van der Waals surface area contributed by atoms with Gasteiger partial charge in [0.15, 0.2) is 0 Å². The zero-order chi connectivity index (χ0) is 7.72. The van der Waals surface area contributed by atoms with Crippen LogP contribution in [0.1, 0.15) is 34.1 Å². The highest BCUT2D eigenvalue weighted by Gasteiger charge is 2.34. The van der Waals surface area contributed by atoms with Gasteiger partial charge >= 0.3 is 0 Å². The molecule has 1 heterocycles. The van der Waals surface area contributed by atoms with Crippen LogP contribution >= 0.6 is 0 Å². The second-order valence-corrected chi connectivity index (χ2v) is 3.51. The molecule has 0 bridgehead atoms. The van der Waals surface area contributed by atoms with Crippen LogP contribution in [-0.2, 0) is 4.74 Å². The normalized spacial score (nSPS) is 48.0. The van der Waals surface area contributed by atoms with Crippen LogP contribution in [0.5, 0.6) is 0 Å². The van der Waals surface area contributed by atoms with Crippen molar-refractivity contribution >= 4 is 0 Å². The van der Waals surface area contributed by atoms with Crippen LogP contribution in [0.15, 0.2) is 0 Å². The summed E-state index contributed by atoms with van der Waals surface area (Å²) in [5.41, 5.74) is 0. The van der Waals surface area contributed by atoms with Gasteiger partial charge in [-0.3, -0.25) is 0 Å². The monoisotopic (exact) mass is 142 g/mol. The van der Waals surface area contributed by atoms with Crippen molar-refractivity contribution in [3.05, 3.63) is 0 Å². The molecule has 0 radical (unpaired) electrons. The minimum absolute atomic E-state index is 0.472. The molecule has 0 amide bonds. The summed E-state index contributed by atoms with van der Waals surface area (Å²) in [5, 5.41) is 0. The fourth-order valence-electron chi connectivity index (χ4n) is 1.76. The summed E-state index contributed by atoms with van der Waals surface area (Å²) in [6, 6.07) is 0. The molecular weight excluding hydrogens is 124 g/mol. The van der Waals surface area contributed by atoms with Gasteiger partial charge in [0, 0.05) is 0 Å². The van der Waals surface area contributed by atoms with Crippen LogP contribution in [0.4, 0.5) is 0 Å². The fraction of sp³-hybridized carbons (Fsp3) is 1.00. The van der Waals surface area contributed by atoms with Crippen molar-refractivity contribution in [3.8, 4) is 0 Å². The summed E-state index contributed by atoms with van der Waals surface area (Å²) >= 11 is 0. The first kappa shape index (κ1) is 8.06.